The van der Waals surface area contributed by atoms with E-state index in [-0.39, 0.29) is 5.91 Å². The van der Waals surface area contributed by atoms with Gasteiger partial charge >= 0.3 is 0 Å². The van der Waals surface area contributed by atoms with Gasteiger partial charge in [-0.2, -0.15) is 0 Å². The highest BCUT2D eigenvalue weighted by atomic mass is 16.1. The maximum absolute atomic E-state index is 12.2. The molecule has 2 aromatic rings. The van der Waals surface area contributed by atoms with E-state index >= 15 is 0 Å². The van der Waals surface area contributed by atoms with Crippen molar-refractivity contribution in [3.63, 3.8) is 0 Å². The Morgan fingerprint density at radius 2 is 1.70 bits per heavy atom. The topological polar surface area (TPSA) is 29.1 Å². The number of carbonyl (C=O) groups is 1. The van der Waals surface area contributed by atoms with E-state index in [1.54, 1.807) is 0 Å². The van der Waals surface area contributed by atoms with Crippen molar-refractivity contribution in [2.24, 2.45) is 0 Å². The number of aryl methyl sites for hydroxylation is 1. The van der Waals surface area contributed by atoms with Crippen molar-refractivity contribution in [3.05, 3.63) is 70.8 Å². The summed E-state index contributed by atoms with van der Waals surface area (Å²) in [7, 11) is 0. The number of anilines is 1. The molecule has 2 rings (SSSR count). The Balaban J connectivity index is 2.16. The molecule has 2 heteroatoms. The number of benzene rings is 2. The standard InChI is InChI=1S/C18H19NO/c1-13-8-7-11-17(15(13)3)19-18(20)14(2)12-16-9-5-4-6-10-16/h4-12H,1-3H3,(H,19,20). The summed E-state index contributed by atoms with van der Waals surface area (Å²) in [6, 6.07) is 15.8. The van der Waals surface area contributed by atoms with Crippen LogP contribution in [0.25, 0.3) is 6.08 Å². The fourth-order valence-corrected chi connectivity index (χ4v) is 1.97. The zero-order chi connectivity index (χ0) is 14.5. The molecule has 102 valence electrons. The largest absolute Gasteiger partial charge is 0.322 e. The Labute approximate surface area is 120 Å². The van der Waals surface area contributed by atoms with Gasteiger partial charge in [0.05, 0.1) is 0 Å². The van der Waals surface area contributed by atoms with Crippen LogP contribution in [0.3, 0.4) is 0 Å². The van der Waals surface area contributed by atoms with Gasteiger partial charge in [0, 0.05) is 11.3 Å². The van der Waals surface area contributed by atoms with Crippen molar-refractivity contribution < 1.29 is 4.79 Å². The molecule has 0 radical (unpaired) electrons. The maximum Gasteiger partial charge on any atom is 0.251 e. The van der Waals surface area contributed by atoms with Crippen LogP contribution in [0.5, 0.6) is 0 Å². The fraction of sp³-hybridized carbons (Fsp3) is 0.167. The second-order valence-electron chi connectivity index (χ2n) is 4.94. The molecule has 1 amide bonds. The Kier molecular flexibility index (Phi) is 4.36. The van der Waals surface area contributed by atoms with Crippen LogP contribution in [0, 0.1) is 13.8 Å². The van der Waals surface area contributed by atoms with Crippen molar-refractivity contribution in [2.45, 2.75) is 20.8 Å². The number of carbonyl (C=O) groups excluding carboxylic acids is 1. The Morgan fingerprint density at radius 1 is 1.00 bits per heavy atom. The zero-order valence-corrected chi connectivity index (χ0v) is 12.1. The summed E-state index contributed by atoms with van der Waals surface area (Å²) < 4.78 is 0. The van der Waals surface area contributed by atoms with E-state index in [1.165, 1.54) is 5.56 Å². The van der Waals surface area contributed by atoms with Gasteiger partial charge in [0.25, 0.3) is 5.91 Å². The molecule has 0 aliphatic heterocycles. The molecule has 0 atom stereocenters. The Hall–Kier alpha value is -2.35. The Bertz CT molecular complexity index is 642. The summed E-state index contributed by atoms with van der Waals surface area (Å²) in [6.45, 7) is 5.88. The molecule has 0 fully saturated rings. The van der Waals surface area contributed by atoms with Gasteiger partial charge in [-0.05, 0) is 49.6 Å². The van der Waals surface area contributed by atoms with Crippen molar-refractivity contribution in [2.75, 3.05) is 5.32 Å². The van der Waals surface area contributed by atoms with E-state index < -0.39 is 0 Å². The van der Waals surface area contributed by atoms with E-state index in [4.69, 9.17) is 0 Å². The third kappa shape index (κ3) is 3.35. The van der Waals surface area contributed by atoms with E-state index in [1.807, 2.05) is 75.4 Å². The molecule has 2 nitrogen and oxygen atoms in total. The van der Waals surface area contributed by atoms with Crippen LogP contribution in [-0.2, 0) is 4.79 Å². The molecule has 0 aliphatic rings. The van der Waals surface area contributed by atoms with Gasteiger partial charge in [0.1, 0.15) is 0 Å². The second-order valence-corrected chi connectivity index (χ2v) is 4.94. The number of nitrogens with one attached hydrogen (secondary N) is 1. The van der Waals surface area contributed by atoms with Crippen molar-refractivity contribution in [3.8, 4) is 0 Å². The van der Waals surface area contributed by atoms with Gasteiger partial charge in [0.2, 0.25) is 0 Å². The van der Waals surface area contributed by atoms with Crippen LogP contribution in [0.2, 0.25) is 0 Å². The molecule has 0 saturated heterocycles. The summed E-state index contributed by atoms with van der Waals surface area (Å²) in [5.74, 6) is -0.0671. The van der Waals surface area contributed by atoms with Gasteiger partial charge in [-0.25, -0.2) is 0 Å². The van der Waals surface area contributed by atoms with Gasteiger partial charge < -0.3 is 5.32 Å². The van der Waals surface area contributed by atoms with Crippen molar-refractivity contribution in [1.82, 2.24) is 0 Å². The van der Waals surface area contributed by atoms with Crippen molar-refractivity contribution in [1.29, 1.82) is 0 Å². The van der Waals surface area contributed by atoms with Crippen LogP contribution in [0.15, 0.2) is 54.1 Å². The lowest BCUT2D eigenvalue weighted by molar-refractivity contribution is -0.112. The molecule has 0 bridgehead atoms. The second kappa shape index (κ2) is 6.20. The molecular formula is C18H19NO. The summed E-state index contributed by atoms with van der Waals surface area (Å²) >= 11 is 0. The fourth-order valence-electron chi connectivity index (χ4n) is 1.97. The van der Waals surface area contributed by atoms with Gasteiger partial charge in [-0.15, -0.1) is 0 Å². The van der Waals surface area contributed by atoms with Gasteiger partial charge in [0.15, 0.2) is 0 Å². The highest BCUT2D eigenvalue weighted by Gasteiger charge is 2.07. The lowest BCUT2D eigenvalue weighted by Gasteiger charge is -2.10. The molecule has 0 unspecified atom stereocenters. The van der Waals surface area contributed by atoms with Crippen LogP contribution < -0.4 is 5.32 Å². The quantitative estimate of drug-likeness (QED) is 0.821. The zero-order valence-electron chi connectivity index (χ0n) is 12.1. The predicted octanol–water partition coefficient (Wildman–Crippen LogP) is 4.35. The van der Waals surface area contributed by atoms with E-state index in [2.05, 4.69) is 5.32 Å². The minimum atomic E-state index is -0.0671. The summed E-state index contributed by atoms with van der Waals surface area (Å²) in [5, 5.41) is 2.96. The summed E-state index contributed by atoms with van der Waals surface area (Å²) in [6.07, 6.45) is 1.89. The number of hydrogen-bond donors (Lipinski definition) is 1. The average Bonchev–Trinajstić information content (AvgIpc) is 2.45. The highest BCUT2D eigenvalue weighted by molar-refractivity contribution is 6.06. The SMILES string of the molecule is CC(=Cc1ccccc1)C(=O)Nc1cccc(C)c1C. The molecule has 1 N–H and O–H groups in total. The van der Waals surface area contributed by atoms with Crippen molar-refractivity contribution >= 4 is 17.7 Å². The number of rotatable bonds is 3. The molecular weight excluding hydrogens is 246 g/mol. The van der Waals surface area contributed by atoms with E-state index in [9.17, 15) is 4.79 Å². The van der Waals surface area contributed by atoms with Crippen LogP contribution >= 0.6 is 0 Å². The van der Waals surface area contributed by atoms with E-state index in [0.29, 0.717) is 5.57 Å². The molecule has 2 aromatic carbocycles. The van der Waals surface area contributed by atoms with Crippen LogP contribution in [0.1, 0.15) is 23.6 Å². The third-order valence-corrected chi connectivity index (χ3v) is 3.39. The average molecular weight is 265 g/mol. The lowest BCUT2D eigenvalue weighted by Crippen LogP contribution is -2.13. The molecule has 0 spiro atoms. The minimum Gasteiger partial charge on any atom is -0.322 e. The molecule has 0 heterocycles. The number of amides is 1. The van der Waals surface area contributed by atoms with Gasteiger partial charge in [-0.3, -0.25) is 4.79 Å². The van der Waals surface area contributed by atoms with Crippen LogP contribution in [-0.4, -0.2) is 5.91 Å². The third-order valence-electron chi connectivity index (χ3n) is 3.39. The molecule has 0 saturated carbocycles. The van der Waals surface area contributed by atoms with Gasteiger partial charge in [-0.1, -0.05) is 42.5 Å². The summed E-state index contributed by atoms with van der Waals surface area (Å²) in [4.78, 5) is 12.2. The lowest BCUT2D eigenvalue weighted by atomic mass is 10.1. The molecule has 20 heavy (non-hydrogen) atoms. The number of hydrogen-bond acceptors (Lipinski definition) is 1. The normalized spacial score (nSPS) is 11.2. The molecule has 0 aromatic heterocycles. The first-order chi connectivity index (χ1) is 9.58. The van der Waals surface area contributed by atoms with E-state index in [0.717, 1.165) is 16.8 Å². The molecule has 0 aliphatic carbocycles. The monoisotopic (exact) mass is 265 g/mol. The first-order valence-corrected chi connectivity index (χ1v) is 6.69. The Morgan fingerprint density at radius 3 is 2.40 bits per heavy atom. The predicted molar refractivity (Wildman–Crippen MR) is 84.6 cm³/mol. The first kappa shape index (κ1) is 14.1. The van der Waals surface area contributed by atoms with Crippen LogP contribution in [0.4, 0.5) is 5.69 Å². The maximum atomic E-state index is 12.2. The first-order valence-electron chi connectivity index (χ1n) is 6.69. The smallest absolute Gasteiger partial charge is 0.251 e. The summed E-state index contributed by atoms with van der Waals surface area (Å²) in [5.41, 5.74) is 4.87. The highest BCUT2D eigenvalue weighted by Crippen LogP contribution is 2.19. The minimum absolute atomic E-state index is 0.0671.